The summed E-state index contributed by atoms with van der Waals surface area (Å²) in [5.41, 5.74) is 8.85. The van der Waals surface area contributed by atoms with Gasteiger partial charge in [0, 0.05) is 11.6 Å². The molecule has 0 aliphatic rings. The van der Waals surface area contributed by atoms with Crippen LogP contribution in [0.1, 0.15) is 24.0 Å². The lowest BCUT2D eigenvalue weighted by atomic mass is 9.91. The maximum Gasteiger partial charge on any atom is 0.203 e. The van der Waals surface area contributed by atoms with Gasteiger partial charge in [0.05, 0.1) is 28.4 Å². The van der Waals surface area contributed by atoms with Crippen molar-refractivity contribution in [2.24, 2.45) is 0 Å². The highest BCUT2D eigenvalue weighted by Gasteiger charge is 2.19. The third-order valence-electron chi connectivity index (χ3n) is 3.95. The van der Waals surface area contributed by atoms with E-state index in [0.29, 0.717) is 22.9 Å². The molecule has 2 aromatic carbocycles. The smallest absolute Gasteiger partial charge is 0.203 e. The van der Waals surface area contributed by atoms with E-state index in [1.165, 1.54) is 0 Å². The van der Waals surface area contributed by atoms with E-state index < -0.39 is 0 Å². The van der Waals surface area contributed by atoms with Crippen molar-refractivity contribution < 1.29 is 18.9 Å². The lowest BCUT2D eigenvalue weighted by Gasteiger charge is -2.19. The minimum Gasteiger partial charge on any atom is -0.497 e. The van der Waals surface area contributed by atoms with E-state index in [-0.39, 0.29) is 5.92 Å². The molecule has 0 fully saturated rings. The molecule has 1 unspecified atom stereocenters. The zero-order valence-electron chi connectivity index (χ0n) is 14.2. The van der Waals surface area contributed by atoms with Crippen molar-refractivity contribution in [1.82, 2.24) is 0 Å². The van der Waals surface area contributed by atoms with Gasteiger partial charge in [0.25, 0.3) is 0 Å². The topological polar surface area (TPSA) is 62.9 Å². The molecule has 0 saturated heterocycles. The maximum atomic E-state index is 6.14. The van der Waals surface area contributed by atoms with Crippen LogP contribution in [0.5, 0.6) is 23.0 Å². The first kappa shape index (κ1) is 16.8. The zero-order valence-corrected chi connectivity index (χ0v) is 14.2. The summed E-state index contributed by atoms with van der Waals surface area (Å²) in [5, 5.41) is 0. The first-order chi connectivity index (χ1) is 11.0. The highest BCUT2D eigenvalue weighted by molar-refractivity contribution is 5.59. The summed E-state index contributed by atoms with van der Waals surface area (Å²) in [5.74, 6) is 2.63. The fraction of sp³-hybridized carbons (Fsp3) is 0.333. The first-order valence-corrected chi connectivity index (χ1v) is 7.29. The average molecular weight is 317 g/mol. The van der Waals surface area contributed by atoms with Crippen molar-refractivity contribution in [3.8, 4) is 23.0 Å². The molecule has 0 amide bonds. The van der Waals surface area contributed by atoms with Gasteiger partial charge in [-0.25, -0.2) is 0 Å². The molecule has 0 aliphatic carbocycles. The van der Waals surface area contributed by atoms with Gasteiger partial charge in [0.15, 0.2) is 11.5 Å². The van der Waals surface area contributed by atoms with Crippen LogP contribution in [-0.4, -0.2) is 28.4 Å². The Kier molecular flexibility index (Phi) is 5.21. The quantitative estimate of drug-likeness (QED) is 0.827. The minimum atomic E-state index is 0.0406. The van der Waals surface area contributed by atoms with Crippen LogP contribution in [0.25, 0.3) is 0 Å². The lowest BCUT2D eigenvalue weighted by molar-refractivity contribution is 0.323. The number of ether oxygens (including phenoxy) is 4. The van der Waals surface area contributed by atoms with Gasteiger partial charge < -0.3 is 24.7 Å². The molecule has 0 aliphatic heterocycles. The van der Waals surface area contributed by atoms with Crippen LogP contribution >= 0.6 is 0 Å². The Morgan fingerprint density at radius 1 is 0.826 bits per heavy atom. The Morgan fingerprint density at radius 2 is 1.43 bits per heavy atom. The van der Waals surface area contributed by atoms with Crippen LogP contribution in [0.3, 0.4) is 0 Å². The number of nitrogens with two attached hydrogens (primary N) is 1. The standard InChI is InChI=1S/C18H23NO4/c1-11(14-10-13(20-2)6-7-15(14)19)12-8-16(21-3)18(23-5)17(9-12)22-4/h6-11H,19H2,1-5H3. The zero-order chi connectivity index (χ0) is 17.0. The number of hydrogen-bond donors (Lipinski definition) is 1. The van der Waals surface area contributed by atoms with Gasteiger partial charge in [-0.2, -0.15) is 0 Å². The van der Waals surface area contributed by atoms with E-state index in [0.717, 1.165) is 16.9 Å². The van der Waals surface area contributed by atoms with Crippen LogP contribution < -0.4 is 24.7 Å². The van der Waals surface area contributed by atoms with Crippen molar-refractivity contribution in [2.45, 2.75) is 12.8 Å². The largest absolute Gasteiger partial charge is 0.497 e. The number of rotatable bonds is 6. The van der Waals surface area contributed by atoms with E-state index in [9.17, 15) is 0 Å². The molecule has 23 heavy (non-hydrogen) atoms. The summed E-state index contributed by atoms with van der Waals surface area (Å²) < 4.78 is 21.5. The SMILES string of the molecule is COc1ccc(N)c(C(C)c2cc(OC)c(OC)c(OC)c2)c1. The van der Waals surface area contributed by atoms with E-state index in [1.807, 2.05) is 30.3 Å². The molecule has 1 atom stereocenters. The van der Waals surface area contributed by atoms with Crippen molar-refractivity contribution in [1.29, 1.82) is 0 Å². The molecule has 0 spiro atoms. The molecule has 0 aromatic heterocycles. The molecule has 2 N–H and O–H groups in total. The van der Waals surface area contributed by atoms with Crippen LogP contribution in [0.2, 0.25) is 0 Å². The fourth-order valence-electron chi connectivity index (χ4n) is 2.59. The molecule has 0 saturated carbocycles. The van der Waals surface area contributed by atoms with Gasteiger partial charge in [-0.05, 0) is 41.5 Å². The second-order valence-electron chi connectivity index (χ2n) is 5.18. The van der Waals surface area contributed by atoms with E-state index in [4.69, 9.17) is 24.7 Å². The third-order valence-corrected chi connectivity index (χ3v) is 3.95. The summed E-state index contributed by atoms with van der Waals surface area (Å²) in [7, 11) is 6.43. The second kappa shape index (κ2) is 7.13. The minimum absolute atomic E-state index is 0.0406. The molecule has 124 valence electrons. The lowest BCUT2D eigenvalue weighted by Crippen LogP contribution is -2.04. The molecule has 2 aromatic rings. The Labute approximate surface area is 136 Å². The van der Waals surface area contributed by atoms with Crippen LogP contribution in [-0.2, 0) is 0 Å². The van der Waals surface area contributed by atoms with Gasteiger partial charge in [-0.3, -0.25) is 0 Å². The van der Waals surface area contributed by atoms with Crippen LogP contribution in [0.4, 0.5) is 5.69 Å². The maximum absolute atomic E-state index is 6.14. The molecular formula is C18H23NO4. The summed E-state index contributed by atoms with van der Waals surface area (Å²) in [6, 6.07) is 9.52. The second-order valence-corrected chi connectivity index (χ2v) is 5.18. The van der Waals surface area contributed by atoms with Crippen molar-refractivity contribution in [2.75, 3.05) is 34.2 Å². The van der Waals surface area contributed by atoms with Gasteiger partial charge in [-0.1, -0.05) is 6.92 Å². The molecule has 0 radical (unpaired) electrons. The van der Waals surface area contributed by atoms with E-state index in [1.54, 1.807) is 28.4 Å². The molecule has 0 heterocycles. The molecule has 5 heteroatoms. The number of hydrogen-bond acceptors (Lipinski definition) is 5. The highest BCUT2D eigenvalue weighted by Crippen LogP contribution is 2.42. The number of benzene rings is 2. The van der Waals surface area contributed by atoms with Crippen LogP contribution in [0.15, 0.2) is 30.3 Å². The van der Waals surface area contributed by atoms with Crippen molar-refractivity contribution in [3.05, 3.63) is 41.5 Å². The Bertz CT molecular complexity index is 660. The third kappa shape index (κ3) is 3.28. The van der Waals surface area contributed by atoms with Gasteiger partial charge >= 0.3 is 0 Å². The predicted molar refractivity (Wildman–Crippen MR) is 91.0 cm³/mol. The summed E-state index contributed by atoms with van der Waals surface area (Å²) in [4.78, 5) is 0. The Hall–Kier alpha value is -2.56. The van der Waals surface area contributed by atoms with Crippen LogP contribution in [0, 0.1) is 0 Å². The monoisotopic (exact) mass is 317 g/mol. The highest BCUT2D eigenvalue weighted by atomic mass is 16.5. The molecular weight excluding hydrogens is 294 g/mol. The summed E-state index contributed by atoms with van der Waals surface area (Å²) in [6.07, 6.45) is 0. The van der Waals surface area contributed by atoms with E-state index in [2.05, 4.69) is 6.92 Å². The predicted octanol–water partition coefficient (Wildman–Crippen LogP) is 3.46. The number of methoxy groups -OCH3 is 4. The normalized spacial score (nSPS) is 11.7. The molecule has 2 rings (SSSR count). The van der Waals surface area contributed by atoms with Crippen molar-refractivity contribution in [3.63, 3.8) is 0 Å². The first-order valence-electron chi connectivity index (χ1n) is 7.29. The van der Waals surface area contributed by atoms with Gasteiger partial charge in [0.1, 0.15) is 5.75 Å². The summed E-state index contributed by atoms with van der Waals surface area (Å²) in [6.45, 7) is 2.08. The molecule has 5 nitrogen and oxygen atoms in total. The fourth-order valence-corrected chi connectivity index (χ4v) is 2.59. The van der Waals surface area contributed by atoms with Crippen molar-refractivity contribution >= 4 is 5.69 Å². The number of nitrogen functional groups attached to an aromatic ring is 1. The molecule has 0 bridgehead atoms. The Balaban J connectivity index is 2.53. The number of anilines is 1. The Morgan fingerprint density at radius 3 is 1.91 bits per heavy atom. The summed E-state index contributed by atoms with van der Waals surface area (Å²) >= 11 is 0. The van der Waals surface area contributed by atoms with E-state index >= 15 is 0 Å². The average Bonchev–Trinajstić information content (AvgIpc) is 2.60. The van der Waals surface area contributed by atoms with Gasteiger partial charge in [0.2, 0.25) is 5.75 Å². The van der Waals surface area contributed by atoms with Gasteiger partial charge in [-0.15, -0.1) is 0 Å².